The smallest absolute Gasteiger partial charge is 0.243 e. The fourth-order valence-electron chi connectivity index (χ4n) is 1.78. The number of hydrogen-bond acceptors (Lipinski definition) is 4. The molecule has 5 nitrogen and oxygen atoms in total. The summed E-state index contributed by atoms with van der Waals surface area (Å²) >= 11 is 0. The molecule has 1 aromatic heterocycles. The lowest BCUT2D eigenvalue weighted by molar-refractivity contribution is 0.474. The predicted molar refractivity (Wildman–Crippen MR) is 73.0 cm³/mol. The normalized spacial score (nSPS) is 11.8. The number of rotatable bonds is 4. The van der Waals surface area contributed by atoms with Crippen LogP contribution < -0.4 is 10.5 Å². The number of nitrogens with one attached hydrogen (secondary N) is 1. The van der Waals surface area contributed by atoms with Crippen molar-refractivity contribution in [3.8, 4) is 0 Å². The Labute approximate surface area is 116 Å². The van der Waals surface area contributed by atoms with Gasteiger partial charge in [-0.15, -0.1) is 0 Å². The third kappa shape index (κ3) is 3.00. The van der Waals surface area contributed by atoms with Crippen molar-refractivity contribution in [2.24, 2.45) is 0 Å². The van der Waals surface area contributed by atoms with Crippen LogP contribution in [0.25, 0.3) is 0 Å². The largest absolute Gasteiger partial charge is 0.465 e. The van der Waals surface area contributed by atoms with Gasteiger partial charge in [0.05, 0.1) is 6.54 Å². The number of hydrogen-bond donors (Lipinski definition) is 2. The van der Waals surface area contributed by atoms with Crippen LogP contribution in [0.1, 0.15) is 17.1 Å². The fourth-order valence-corrected chi connectivity index (χ4v) is 2.96. The number of nitrogen functional groups attached to an aromatic ring is 1. The van der Waals surface area contributed by atoms with Crippen LogP contribution >= 0.6 is 0 Å². The molecule has 0 saturated heterocycles. The number of nitrogens with two attached hydrogens (primary N) is 1. The molecular weight excluding hydrogens is 283 g/mol. The molecule has 0 atom stereocenters. The van der Waals surface area contributed by atoms with E-state index < -0.39 is 20.7 Å². The van der Waals surface area contributed by atoms with Crippen LogP contribution in [0.5, 0.6) is 0 Å². The van der Waals surface area contributed by atoms with Gasteiger partial charge in [-0.3, -0.25) is 0 Å². The van der Waals surface area contributed by atoms with Crippen LogP contribution in [0, 0.1) is 19.7 Å². The molecule has 0 aliphatic carbocycles. The molecule has 0 bridgehead atoms. The van der Waals surface area contributed by atoms with Gasteiger partial charge < -0.3 is 10.2 Å². The van der Waals surface area contributed by atoms with Crippen LogP contribution in [0.4, 0.5) is 10.1 Å². The molecular formula is C13H15FN2O3S. The third-order valence-electron chi connectivity index (χ3n) is 2.77. The molecule has 2 aromatic rings. The van der Waals surface area contributed by atoms with Crippen LogP contribution in [0.3, 0.4) is 0 Å². The first-order valence-electron chi connectivity index (χ1n) is 5.90. The average molecular weight is 298 g/mol. The van der Waals surface area contributed by atoms with Crippen LogP contribution in [-0.2, 0) is 16.6 Å². The van der Waals surface area contributed by atoms with E-state index in [4.69, 9.17) is 10.2 Å². The molecule has 0 fully saturated rings. The summed E-state index contributed by atoms with van der Waals surface area (Å²) < 4.78 is 45.6. The molecule has 0 radical (unpaired) electrons. The van der Waals surface area contributed by atoms with Gasteiger partial charge in [-0.25, -0.2) is 17.5 Å². The summed E-state index contributed by atoms with van der Waals surface area (Å²) in [4.78, 5) is -0.460. The van der Waals surface area contributed by atoms with Crippen molar-refractivity contribution in [2.75, 3.05) is 5.73 Å². The molecule has 0 spiro atoms. The molecule has 7 heteroatoms. The first kappa shape index (κ1) is 14.5. The summed E-state index contributed by atoms with van der Waals surface area (Å²) in [6.07, 6.45) is 0. The molecule has 1 aromatic carbocycles. The van der Waals surface area contributed by atoms with Crippen molar-refractivity contribution in [1.29, 1.82) is 0 Å². The second kappa shape index (κ2) is 5.26. The van der Waals surface area contributed by atoms with Crippen molar-refractivity contribution in [3.63, 3.8) is 0 Å². The van der Waals surface area contributed by atoms with Gasteiger partial charge in [-0.2, -0.15) is 0 Å². The number of anilines is 1. The summed E-state index contributed by atoms with van der Waals surface area (Å²) in [5.41, 5.74) is 5.93. The summed E-state index contributed by atoms with van der Waals surface area (Å²) in [6, 6.07) is 5.84. The van der Waals surface area contributed by atoms with Gasteiger partial charge in [0.15, 0.2) is 0 Å². The van der Waals surface area contributed by atoms with Gasteiger partial charge in [-0.05, 0) is 43.7 Å². The van der Waals surface area contributed by atoms with E-state index >= 15 is 0 Å². The van der Waals surface area contributed by atoms with Crippen LogP contribution in [0.2, 0.25) is 0 Å². The first-order chi connectivity index (χ1) is 9.29. The molecule has 0 saturated carbocycles. The van der Waals surface area contributed by atoms with Gasteiger partial charge in [0.25, 0.3) is 0 Å². The molecule has 0 aliphatic rings. The number of benzene rings is 1. The zero-order valence-electron chi connectivity index (χ0n) is 11.1. The van der Waals surface area contributed by atoms with E-state index in [0.717, 1.165) is 6.07 Å². The average Bonchev–Trinajstić information content (AvgIpc) is 2.77. The molecule has 20 heavy (non-hydrogen) atoms. The number of halogens is 1. The SMILES string of the molecule is Cc1ccc(CNS(=O)(=O)c2cc(N)cc(C)c2F)o1. The van der Waals surface area contributed by atoms with E-state index in [1.54, 1.807) is 19.1 Å². The van der Waals surface area contributed by atoms with Gasteiger partial charge >= 0.3 is 0 Å². The van der Waals surface area contributed by atoms with Gasteiger partial charge in [0.2, 0.25) is 10.0 Å². The lowest BCUT2D eigenvalue weighted by Gasteiger charge is -2.09. The molecule has 0 amide bonds. The summed E-state index contributed by atoms with van der Waals surface area (Å²) in [5.74, 6) is 0.319. The van der Waals surface area contributed by atoms with Gasteiger partial charge in [-0.1, -0.05) is 0 Å². The highest BCUT2D eigenvalue weighted by Gasteiger charge is 2.21. The van der Waals surface area contributed by atoms with Gasteiger partial charge in [0.1, 0.15) is 22.2 Å². The third-order valence-corrected chi connectivity index (χ3v) is 4.17. The minimum Gasteiger partial charge on any atom is -0.465 e. The Kier molecular flexibility index (Phi) is 3.82. The molecule has 0 unspecified atom stereocenters. The van der Waals surface area contributed by atoms with Crippen molar-refractivity contribution in [3.05, 3.63) is 47.2 Å². The van der Waals surface area contributed by atoms with Crippen LogP contribution in [-0.4, -0.2) is 8.42 Å². The quantitative estimate of drug-likeness (QED) is 0.846. The zero-order valence-corrected chi connectivity index (χ0v) is 11.9. The summed E-state index contributed by atoms with van der Waals surface area (Å²) in [6.45, 7) is 3.16. The topological polar surface area (TPSA) is 85.3 Å². The lowest BCUT2D eigenvalue weighted by Crippen LogP contribution is -2.24. The maximum Gasteiger partial charge on any atom is 0.243 e. The van der Waals surface area contributed by atoms with E-state index in [0.29, 0.717) is 11.5 Å². The van der Waals surface area contributed by atoms with E-state index in [1.165, 1.54) is 13.0 Å². The standard InChI is InChI=1S/C13H15FN2O3S/c1-8-5-10(15)6-12(13(8)14)20(17,18)16-7-11-4-3-9(2)19-11/h3-6,16H,7,15H2,1-2H3. The molecule has 108 valence electrons. The maximum absolute atomic E-state index is 13.9. The van der Waals surface area contributed by atoms with E-state index in [1.807, 2.05) is 0 Å². The highest BCUT2D eigenvalue weighted by molar-refractivity contribution is 7.89. The number of sulfonamides is 1. The molecule has 0 aliphatic heterocycles. The molecule has 3 N–H and O–H groups in total. The van der Waals surface area contributed by atoms with E-state index in [-0.39, 0.29) is 17.8 Å². The molecule has 1 heterocycles. The Bertz CT molecular complexity index is 738. The first-order valence-corrected chi connectivity index (χ1v) is 7.38. The van der Waals surface area contributed by atoms with Crippen LogP contribution in [0.15, 0.2) is 33.6 Å². The zero-order chi connectivity index (χ0) is 14.9. The second-order valence-corrected chi connectivity index (χ2v) is 6.22. The van der Waals surface area contributed by atoms with Crippen molar-refractivity contribution < 1.29 is 17.2 Å². The predicted octanol–water partition coefficient (Wildman–Crippen LogP) is 2.10. The van der Waals surface area contributed by atoms with Crippen molar-refractivity contribution >= 4 is 15.7 Å². The minimum atomic E-state index is -3.99. The Morgan fingerprint density at radius 3 is 2.60 bits per heavy atom. The van der Waals surface area contributed by atoms with E-state index in [9.17, 15) is 12.8 Å². The maximum atomic E-state index is 13.9. The number of furan rings is 1. The second-order valence-electron chi connectivity index (χ2n) is 4.49. The highest BCUT2D eigenvalue weighted by Crippen LogP contribution is 2.21. The number of aryl methyl sites for hydroxylation is 2. The monoisotopic (exact) mass is 298 g/mol. The Hall–Kier alpha value is -1.86. The minimum absolute atomic E-state index is 0.0521. The lowest BCUT2D eigenvalue weighted by atomic mass is 10.2. The Morgan fingerprint density at radius 1 is 1.30 bits per heavy atom. The fraction of sp³-hybridized carbons (Fsp3) is 0.231. The summed E-state index contributed by atoms with van der Waals surface area (Å²) in [5, 5.41) is 0. The highest BCUT2D eigenvalue weighted by atomic mass is 32.2. The van der Waals surface area contributed by atoms with E-state index in [2.05, 4.69) is 4.72 Å². The van der Waals surface area contributed by atoms with Crippen molar-refractivity contribution in [2.45, 2.75) is 25.3 Å². The van der Waals surface area contributed by atoms with Crippen molar-refractivity contribution in [1.82, 2.24) is 4.72 Å². The Morgan fingerprint density at radius 2 is 2.00 bits per heavy atom. The van der Waals surface area contributed by atoms with Gasteiger partial charge in [0, 0.05) is 5.69 Å². The molecule has 2 rings (SSSR count). The Balaban J connectivity index is 2.27. The summed E-state index contributed by atoms with van der Waals surface area (Å²) in [7, 11) is -3.99.